The molecule has 3 N–H and O–H groups in total. The maximum absolute atomic E-state index is 10.6. The molecule has 28 heavy (non-hydrogen) atoms. The number of carbonyl (C=O) groups is 1. The molecule has 1 amide bonds. The number of rotatable bonds is 11. The van der Waals surface area contributed by atoms with Gasteiger partial charge >= 0.3 is 0 Å². The molecule has 0 aliphatic heterocycles. The van der Waals surface area contributed by atoms with E-state index in [-0.39, 0.29) is 5.60 Å². The van der Waals surface area contributed by atoms with Crippen LogP contribution in [0.25, 0.3) is 11.1 Å². The minimum atomic E-state index is -0.125. The molecule has 2 aromatic rings. The van der Waals surface area contributed by atoms with Crippen LogP contribution in [0, 0.1) is 5.92 Å². The SMILES string of the molecule is CC(C)(C)OCCC(CCNC=O)Cc1cccc(-c2cccc(CN)c2)c1. The molecule has 1 atom stereocenters. The van der Waals surface area contributed by atoms with E-state index in [0.29, 0.717) is 19.0 Å². The fourth-order valence-corrected chi connectivity index (χ4v) is 3.32. The van der Waals surface area contributed by atoms with Crippen LogP contribution in [0.5, 0.6) is 0 Å². The Hall–Kier alpha value is -2.17. The van der Waals surface area contributed by atoms with Crippen molar-refractivity contribution in [2.75, 3.05) is 13.2 Å². The largest absolute Gasteiger partial charge is 0.376 e. The van der Waals surface area contributed by atoms with Crippen LogP contribution in [0.3, 0.4) is 0 Å². The van der Waals surface area contributed by atoms with Crippen molar-refractivity contribution < 1.29 is 9.53 Å². The molecule has 0 radical (unpaired) electrons. The van der Waals surface area contributed by atoms with Gasteiger partial charge < -0.3 is 15.8 Å². The van der Waals surface area contributed by atoms with Crippen molar-refractivity contribution in [1.82, 2.24) is 5.32 Å². The first-order chi connectivity index (χ1) is 13.4. The lowest BCUT2D eigenvalue weighted by molar-refractivity contribution is -0.109. The smallest absolute Gasteiger partial charge is 0.207 e. The number of hydrogen-bond acceptors (Lipinski definition) is 3. The van der Waals surface area contributed by atoms with E-state index >= 15 is 0 Å². The summed E-state index contributed by atoms with van der Waals surface area (Å²) in [7, 11) is 0. The molecule has 4 nitrogen and oxygen atoms in total. The zero-order valence-electron chi connectivity index (χ0n) is 17.4. The first-order valence-corrected chi connectivity index (χ1v) is 10.1. The Morgan fingerprint density at radius 3 is 2.29 bits per heavy atom. The van der Waals surface area contributed by atoms with Crippen molar-refractivity contribution in [2.24, 2.45) is 11.7 Å². The van der Waals surface area contributed by atoms with Crippen molar-refractivity contribution in [1.29, 1.82) is 0 Å². The highest BCUT2D eigenvalue weighted by Gasteiger charge is 2.14. The van der Waals surface area contributed by atoms with Gasteiger partial charge in [0.15, 0.2) is 0 Å². The monoisotopic (exact) mass is 382 g/mol. The van der Waals surface area contributed by atoms with E-state index in [1.807, 2.05) is 0 Å². The van der Waals surface area contributed by atoms with Gasteiger partial charge in [-0.1, -0.05) is 42.5 Å². The summed E-state index contributed by atoms with van der Waals surface area (Å²) in [6.07, 6.45) is 3.66. The summed E-state index contributed by atoms with van der Waals surface area (Å²) in [4.78, 5) is 10.6. The summed E-state index contributed by atoms with van der Waals surface area (Å²) >= 11 is 0. The Labute approximate surface area is 169 Å². The van der Waals surface area contributed by atoms with Crippen LogP contribution >= 0.6 is 0 Å². The highest BCUT2D eigenvalue weighted by atomic mass is 16.5. The third kappa shape index (κ3) is 7.83. The molecule has 0 spiro atoms. The fraction of sp³-hybridized carbons (Fsp3) is 0.458. The van der Waals surface area contributed by atoms with Gasteiger partial charge in [0.25, 0.3) is 0 Å². The van der Waals surface area contributed by atoms with Gasteiger partial charge in [-0.3, -0.25) is 4.79 Å². The molecule has 2 rings (SSSR count). The van der Waals surface area contributed by atoms with Crippen molar-refractivity contribution in [2.45, 2.75) is 52.2 Å². The maximum Gasteiger partial charge on any atom is 0.207 e. The minimum absolute atomic E-state index is 0.125. The Balaban J connectivity index is 2.08. The third-order valence-corrected chi connectivity index (χ3v) is 4.79. The Kier molecular flexibility index (Phi) is 8.68. The topological polar surface area (TPSA) is 64.3 Å². The summed E-state index contributed by atoms with van der Waals surface area (Å²) < 4.78 is 5.92. The van der Waals surface area contributed by atoms with Gasteiger partial charge in [0.1, 0.15) is 0 Å². The first kappa shape index (κ1) is 22.1. The summed E-state index contributed by atoms with van der Waals surface area (Å²) in [6.45, 7) is 8.21. The maximum atomic E-state index is 10.6. The highest BCUT2D eigenvalue weighted by molar-refractivity contribution is 5.65. The normalized spacial score (nSPS) is 12.6. The van der Waals surface area contributed by atoms with E-state index in [1.54, 1.807) is 0 Å². The number of nitrogens with two attached hydrogens (primary N) is 1. The Morgan fingerprint density at radius 1 is 1.04 bits per heavy atom. The standard InChI is InChI=1S/C24H34N2O2/c1-24(2,3)28-13-11-19(10-12-26-18-27)14-20-6-4-8-22(15-20)23-9-5-7-21(16-23)17-25/h4-9,15-16,18-19H,10-14,17,25H2,1-3H3,(H,26,27). The molecule has 0 aliphatic rings. The van der Waals surface area contributed by atoms with E-state index in [1.165, 1.54) is 16.7 Å². The number of benzene rings is 2. The average Bonchev–Trinajstić information content (AvgIpc) is 2.67. The zero-order valence-corrected chi connectivity index (χ0v) is 17.4. The molecule has 4 heteroatoms. The summed E-state index contributed by atoms with van der Waals surface area (Å²) in [5.41, 5.74) is 10.5. The molecule has 0 bridgehead atoms. The number of carbonyl (C=O) groups excluding carboxylic acids is 1. The van der Waals surface area contributed by atoms with Crippen LogP contribution in [-0.4, -0.2) is 25.2 Å². The van der Waals surface area contributed by atoms with E-state index in [9.17, 15) is 4.79 Å². The van der Waals surface area contributed by atoms with Crippen LogP contribution < -0.4 is 11.1 Å². The second kappa shape index (κ2) is 11.0. The molecule has 0 fully saturated rings. The summed E-state index contributed by atoms with van der Waals surface area (Å²) in [5, 5.41) is 2.79. The van der Waals surface area contributed by atoms with Crippen molar-refractivity contribution in [3.05, 3.63) is 59.7 Å². The third-order valence-electron chi connectivity index (χ3n) is 4.79. The van der Waals surface area contributed by atoms with Crippen LogP contribution in [0.15, 0.2) is 48.5 Å². The lowest BCUT2D eigenvalue weighted by Crippen LogP contribution is -2.23. The predicted molar refractivity (Wildman–Crippen MR) is 116 cm³/mol. The average molecular weight is 383 g/mol. The molecule has 0 aliphatic carbocycles. The van der Waals surface area contributed by atoms with E-state index in [4.69, 9.17) is 10.5 Å². The molecular weight excluding hydrogens is 348 g/mol. The first-order valence-electron chi connectivity index (χ1n) is 10.1. The molecule has 152 valence electrons. The quantitative estimate of drug-likeness (QED) is 0.449. The van der Waals surface area contributed by atoms with Gasteiger partial charge in [-0.2, -0.15) is 0 Å². The summed E-state index contributed by atoms with van der Waals surface area (Å²) in [6, 6.07) is 17.1. The van der Waals surface area contributed by atoms with Gasteiger partial charge in [-0.25, -0.2) is 0 Å². The van der Waals surface area contributed by atoms with E-state index in [0.717, 1.165) is 37.8 Å². The number of amides is 1. The molecular formula is C24H34N2O2. The highest BCUT2D eigenvalue weighted by Crippen LogP contribution is 2.24. The van der Waals surface area contributed by atoms with Crippen LogP contribution in [0.1, 0.15) is 44.7 Å². The van der Waals surface area contributed by atoms with Gasteiger partial charge in [0.2, 0.25) is 6.41 Å². The van der Waals surface area contributed by atoms with Gasteiger partial charge in [0, 0.05) is 19.7 Å². The van der Waals surface area contributed by atoms with Crippen molar-refractivity contribution in [3.63, 3.8) is 0 Å². The van der Waals surface area contributed by atoms with Crippen molar-refractivity contribution in [3.8, 4) is 11.1 Å². The second-order valence-electron chi connectivity index (χ2n) is 8.29. The Bertz CT molecular complexity index is 737. The van der Waals surface area contributed by atoms with E-state index in [2.05, 4.69) is 74.6 Å². The van der Waals surface area contributed by atoms with Crippen LogP contribution in [-0.2, 0) is 22.5 Å². The van der Waals surface area contributed by atoms with Gasteiger partial charge in [0.05, 0.1) is 5.60 Å². The molecule has 2 aromatic carbocycles. The Morgan fingerprint density at radius 2 is 1.68 bits per heavy atom. The van der Waals surface area contributed by atoms with Crippen LogP contribution in [0.2, 0.25) is 0 Å². The fourth-order valence-electron chi connectivity index (χ4n) is 3.32. The molecule has 0 saturated heterocycles. The molecule has 0 heterocycles. The number of ether oxygens (including phenoxy) is 1. The molecule has 0 aromatic heterocycles. The van der Waals surface area contributed by atoms with Crippen molar-refractivity contribution >= 4 is 6.41 Å². The predicted octanol–water partition coefficient (Wildman–Crippen LogP) is 4.31. The number of hydrogen-bond donors (Lipinski definition) is 2. The second-order valence-corrected chi connectivity index (χ2v) is 8.29. The minimum Gasteiger partial charge on any atom is -0.376 e. The van der Waals surface area contributed by atoms with Gasteiger partial charge in [-0.15, -0.1) is 0 Å². The van der Waals surface area contributed by atoms with Crippen LogP contribution in [0.4, 0.5) is 0 Å². The van der Waals surface area contributed by atoms with Gasteiger partial charge in [-0.05, 0) is 74.3 Å². The lowest BCUT2D eigenvalue weighted by Gasteiger charge is -2.23. The summed E-state index contributed by atoms with van der Waals surface area (Å²) in [5.74, 6) is 0.459. The number of nitrogens with one attached hydrogen (secondary N) is 1. The zero-order chi connectivity index (χ0) is 20.4. The lowest BCUT2D eigenvalue weighted by atomic mass is 9.91. The molecule has 0 saturated carbocycles. The van der Waals surface area contributed by atoms with E-state index < -0.39 is 0 Å². The molecule has 1 unspecified atom stereocenters.